The Morgan fingerprint density at radius 3 is 2.81 bits per heavy atom. The highest BCUT2D eigenvalue weighted by Crippen LogP contribution is 2.27. The Bertz CT molecular complexity index is 668. The number of carbonyl (C=O) groups is 1. The maximum Gasteiger partial charge on any atom is 0.241 e. The van der Waals surface area contributed by atoms with E-state index in [1.54, 1.807) is 6.07 Å². The Balaban J connectivity index is 2.13. The van der Waals surface area contributed by atoms with E-state index in [0.29, 0.717) is 12.1 Å². The van der Waals surface area contributed by atoms with E-state index in [4.69, 9.17) is 9.88 Å². The average molecular weight is 310 g/mol. The number of ether oxygens (including phenoxy) is 1. The molecule has 7 heteroatoms. The molecule has 1 aliphatic carbocycles. The van der Waals surface area contributed by atoms with Crippen LogP contribution in [0.25, 0.3) is 0 Å². The zero-order valence-corrected chi connectivity index (χ0v) is 12.5. The van der Waals surface area contributed by atoms with Crippen LogP contribution in [0.2, 0.25) is 0 Å². The van der Waals surface area contributed by atoms with E-state index in [1.165, 1.54) is 19.2 Å². The first-order valence-electron chi connectivity index (χ1n) is 6.57. The molecule has 0 unspecified atom stereocenters. The zero-order valence-electron chi connectivity index (χ0n) is 11.7. The van der Waals surface area contributed by atoms with Crippen molar-refractivity contribution in [1.29, 1.82) is 0 Å². The maximum absolute atomic E-state index is 11.9. The molecule has 0 aromatic heterocycles. The molecule has 0 fully saturated rings. The highest BCUT2D eigenvalue weighted by Gasteiger charge is 2.18. The Labute approximate surface area is 124 Å². The second-order valence-electron chi connectivity index (χ2n) is 4.93. The molecule has 0 bridgehead atoms. The molecule has 1 aromatic rings. The van der Waals surface area contributed by atoms with Crippen LogP contribution in [0.5, 0.6) is 5.75 Å². The maximum atomic E-state index is 11.9. The van der Waals surface area contributed by atoms with E-state index in [0.717, 1.165) is 12.8 Å². The van der Waals surface area contributed by atoms with Gasteiger partial charge in [0.1, 0.15) is 10.6 Å². The van der Waals surface area contributed by atoms with Gasteiger partial charge in [-0.2, -0.15) is 0 Å². The van der Waals surface area contributed by atoms with Gasteiger partial charge in [0.15, 0.2) is 0 Å². The van der Waals surface area contributed by atoms with Gasteiger partial charge in [0.05, 0.1) is 7.11 Å². The number of sulfonamides is 1. The molecule has 1 aliphatic rings. The van der Waals surface area contributed by atoms with Crippen LogP contribution in [-0.4, -0.2) is 21.4 Å². The van der Waals surface area contributed by atoms with Crippen molar-refractivity contribution in [2.45, 2.75) is 24.2 Å². The van der Waals surface area contributed by atoms with Gasteiger partial charge in [0, 0.05) is 12.1 Å². The van der Waals surface area contributed by atoms with Gasteiger partial charge in [0.25, 0.3) is 0 Å². The first-order valence-corrected chi connectivity index (χ1v) is 8.12. The number of allylic oxidation sites excluding steroid dienone is 2. The number of rotatable bonds is 5. The fourth-order valence-corrected chi connectivity index (χ4v) is 3.02. The molecule has 1 amide bonds. The molecule has 0 heterocycles. The number of hydrogen-bond acceptors (Lipinski definition) is 4. The van der Waals surface area contributed by atoms with E-state index in [-0.39, 0.29) is 22.5 Å². The molecule has 0 saturated heterocycles. The highest BCUT2D eigenvalue weighted by molar-refractivity contribution is 7.89. The Morgan fingerprint density at radius 2 is 2.24 bits per heavy atom. The van der Waals surface area contributed by atoms with E-state index < -0.39 is 10.0 Å². The summed E-state index contributed by atoms with van der Waals surface area (Å²) in [6, 6.07) is 4.34. The third-order valence-corrected chi connectivity index (χ3v) is 4.25. The molecule has 0 saturated carbocycles. The standard InChI is InChI=1S/C14H18N2O4S/c1-20-12-7-6-11(9-13(12)21(15,18)19)16-14(17)8-10-4-2-3-5-10/h2,4,6-7,9-10H,3,5,8H2,1H3,(H,16,17)(H2,15,18,19)/t10-/m0/s1. The Hall–Kier alpha value is -1.86. The fourth-order valence-electron chi connectivity index (χ4n) is 2.29. The number of hydrogen-bond donors (Lipinski definition) is 2. The van der Waals surface area contributed by atoms with Crippen molar-refractivity contribution in [2.75, 3.05) is 12.4 Å². The number of carbonyl (C=O) groups excluding carboxylic acids is 1. The first-order chi connectivity index (χ1) is 9.90. The summed E-state index contributed by atoms with van der Waals surface area (Å²) in [4.78, 5) is 11.8. The first kappa shape index (κ1) is 15.5. The van der Waals surface area contributed by atoms with Crippen molar-refractivity contribution in [3.63, 3.8) is 0 Å². The van der Waals surface area contributed by atoms with Crippen LogP contribution >= 0.6 is 0 Å². The molecular weight excluding hydrogens is 292 g/mol. The summed E-state index contributed by atoms with van der Waals surface area (Å²) in [7, 11) is -2.56. The van der Waals surface area contributed by atoms with Crippen molar-refractivity contribution in [3.8, 4) is 5.75 Å². The van der Waals surface area contributed by atoms with Gasteiger partial charge in [0.2, 0.25) is 15.9 Å². The number of nitrogens with one attached hydrogen (secondary N) is 1. The minimum absolute atomic E-state index is 0.147. The lowest BCUT2D eigenvalue weighted by atomic mass is 10.1. The molecule has 1 aromatic carbocycles. The van der Waals surface area contributed by atoms with Crippen molar-refractivity contribution >= 4 is 21.6 Å². The fraction of sp³-hybridized carbons (Fsp3) is 0.357. The van der Waals surface area contributed by atoms with Crippen molar-refractivity contribution in [3.05, 3.63) is 30.4 Å². The SMILES string of the molecule is COc1ccc(NC(=O)C[C@H]2C=CCC2)cc1S(N)(=O)=O. The third kappa shape index (κ3) is 4.05. The number of amides is 1. The second kappa shape index (κ2) is 6.28. The van der Waals surface area contributed by atoms with Gasteiger partial charge in [-0.25, -0.2) is 13.6 Å². The normalized spacial score (nSPS) is 17.7. The zero-order chi connectivity index (χ0) is 15.5. The monoisotopic (exact) mass is 310 g/mol. The van der Waals surface area contributed by atoms with Crippen LogP contribution in [0.4, 0.5) is 5.69 Å². The quantitative estimate of drug-likeness (QED) is 0.808. The van der Waals surface area contributed by atoms with E-state index in [9.17, 15) is 13.2 Å². The van der Waals surface area contributed by atoms with Crippen LogP contribution in [0.1, 0.15) is 19.3 Å². The predicted octanol–water partition coefficient (Wildman–Crippen LogP) is 1.64. The summed E-state index contributed by atoms with van der Waals surface area (Å²) in [6.07, 6.45) is 6.44. The van der Waals surface area contributed by atoms with E-state index in [1.807, 2.05) is 6.08 Å². The molecule has 0 spiro atoms. The number of methoxy groups -OCH3 is 1. The van der Waals surface area contributed by atoms with Crippen LogP contribution in [0, 0.1) is 5.92 Å². The number of benzene rings is 1. The summed E-state index contributed by atoms with van der Waals surface area (Å²) >= 11 is 0. The topological polar surface area (TPSA) is 98.5 Å². The lowest BCUT2D eigenvalue weighted by Crippen LogP contribution is -2.17. The number of nitrogens with two attached hydrogens (primary N) is 1. The summed E-state index contributed by atoms with van der Waals surface area (Å²) < 4.78 is 28.0. The van der Waals surface area contributed by atoms with E-state index in [2.05, 4.69) is 11.4 Å². The smallest absolute Gasteiger partial charge is 0.241 e. The summed E-state index contributed by atoms with van der Waals surface area (Å²) in [5.41, 5.74) is 0.381. The molecular formula is C14H18N2O4S. The third-order valence-electron chi connectivity index (χ3n) is 3.31. The van der Waals surface area contributed by atoms with Gasteiger partial charge in [-0.1, -0.05) is 12.2 Å². The minimum atomic E-state index is -3.91. The summed E-state index contributed by atoms with van der Waals surface area (Å²) in [5.74, 6) is 0.243. The summed E-state index contributed by atoms with van der Waals surface area (Å²) in [6.45, 7) is 0. The molecule has 6 nitrogen and oxygen atoms in total. The molecule has 1 atom stereocenters. The van der Waals surface area contributed by atoms with Gasteiger partial charge < -0.3 is 10.1 Å². The molecule has 114 valence electrons. The average Bonchev–Trinajstić information content (AvgIpc) is 2.90. The largest absolute Gasteiger partial charge is 0.495 e. The lowest BCUT2D eigenvalue weighted by molar-refractivity contribution is -0.116. The number of primary sulfonamides is 1. The van der Waals surface area contributed by atoms with Crippen LogP contribution < -0.4 is 15.2 Å². The molecule has 3 N–H and O–H groups in total. The minimum Gasteiger partial charge on any atom is -0.495 e. The van der Waals surface area contributed by atoms with Gasteiger partial charge in [-0.05, 0) is 37.0 Å². The predicted molar refractivity (Wildman–Crippen MR) is 79.5 cm³/mol. The van der Waals surface area contributed by atoms with Crippen LogP contribution in [0.3, 0.4) is 0 Å². The van der Waals surface area contributed by atoms with Gasteiger partial charge in [-0.15, -0.1) is 0 Å². The number of anilines is 1. The van der Waals surface area contributed by atoms with Crippen molar-refractivity contribution in [1.82, 2.24) is 0 Å². The highest BCUT2D eigenvalue weighted by atomic mass is 32.2. The molecule has 0 radical (unpaired) electrons. The molecule has 0 aliphatic heterocycles. The molecule has 21 heavy (non-hydrogen) atoms. The lowest BCUT2D eigenvalue weighted by Gasteiger charge is -2.11. The summed E-state index contributed by atoms with van der Waals surface area (Å²) in [5, 5.41) is 7.82. The van der Waals surface area contributed by atoms with Crippen LogP contribution in [0.15, 0.2) is 35.2 Å². The van der Waals surface area contributed by atoms with Crippen molar-refractivity contribution < 1.29 is 17.9 Å². The molecule has 2 rings (SSSR count). The van der Waals surface area contributed by atoms with Gasteiger partial charge in [-0.3, -0.25) is 4.79 Å². The second-order valence-corrected chi connectivity index (χ2v) is 6.46. The van der Waals surface area contributed by atoms with Crippen LogP contribution in [-0.2, 0) is 14.8 Å². The Morgan fingerprint density at radius 1 is 1.48 bits per heavy atom. The van der Waals surface area contributed by atoms with Gasteiger partial charge >= 0.3 is 0 Å². The van der Waals surface area contributed by atoms with E-state index >= 15 is 0 Å². The van der Waals surface area contributed by atoms with Crippen molar-refractivity contribution in [2.24, 2.45) is 11.1 Å². The Kier molecular flexibility index (Phi) is 4.64.